The van der Waals surface area contributed by atoms with Crippen LogP contribution in [0.15, 0.2) is 110 Å². The molecule has 0 spiro atoms. The highest BCUT2D eigenvalue weighted by Gasteiger charge is 2.41. The third-order valence-corrected chi connectivity index (χ3v) is 15.2. The number of nitrogen functional groups attached to an aromatic ring is 3. The number of pyridine rings is 6. The van der Waals surface area contributed by atoms with Crippen LogP contribution in [0.25, 0.3) is 0 Å². The lowest BCUT2D eigenvalue weighted by Gasteiger charge is -2.40. The van der Waals surface area contributed by atoms with Crippen LogP contribution in [-0.2, 0) is 18.5 Å². The third kappa shape index (κ3) is 17.0. The van der Waals surface area contributed by atoms with E-state index in [2.05, 4.69) is 66.6 Å². The van der Waals surface area contributed by atoms with Crippen LogP contribution in [-0.4, -0.2) is 118 Å². The normalized spacial score (nSPS) is 17.2. The number of carbonyl (C=O) groups excluding carboxylic acids is 3. The first-order chi connectivity index (χ1) is 42.6. The lowest BCUT2D eigenvalue weighted by Crippen LogP contribution is -2.57. The quantitative estimate of drug-likeness (QED) is 0.0437. The lowest BCUT2D eigenvalue weighted by atomic mass is 9.98. The highest BCUT2D eigenvalue weighted by Crippen LogP contribution is 2.38. The number of anilines is 6. The van der Waals surface area contributed by atoms with Crippen LogP contribution in [0, 0.1) is 5.92 Å². The Morgan fingerprint density at radius 2 is 1.03 bits per heavy atom. The predicted octanol–water partition coefficient (Wildman–Crippen LogP) is 12.3. The standard InChI is InChI=1S/C23H30F3N5O.C22H19ClF3N5O.C16H15ClF3N5O.6H2/c1-4-6-15-12-31(13-16(29-15)11-14(2)3)19-9-8-18(23(24,25)26)20(30-19)21(32)17-7-5-10-28-22(17)27;23-14-10-15(21(27)29-11-14)20(32)19-16(22(24,25)26)6-7-18(30-19)31-9-8-28-17(12-31)13-4-2-1-3-5-13;17-9-7-10(15(21)23-8-9)14(26)13-11(16(18,19)20)1-2-12(24-13)25-5-3-22-4-6-25;;;;;;/h5,7-10,14-16,29H,4,6,11-13H2,1-3H3,(H2,27,28);1-7,10-11,17,28H,8-9,12H2,(H2,27,29);1-2,7-8,22H,3-6H2,(H2,21,23);6*1H/t15-,16+;;;;;;;;/m1......../s1. The third-order valence-electron chi connectivity index (χ3n) is 14.8. The summed E-state index contributed by atoms with van der Waals surface area (Å²) >= 11 is 11.7. The van der Waals surface area contributed by atoms with Gasteiger partial charge in [-0.2, -0.15) is 39.5 Å². The molecule has 6 aromatic heterocycles. The summed E-state index contributed by atoms with van der Waals surface area (Å²) in [6.07, 6.45) is -7.54. The number of nitrogens with one attached hydrogen (secondary N) is 3. The number of rotatable bonds is 14. The zero-order valence-corrected chi connectivity index (χ0v) is 50.3. The number of alkyl halides is 9. The summed E-state index contributed by atoms with van der Waals surface area (Å²) in [6, 6.07) is 21.9. The van der Waals surface area contributed by atoms with Gasteiger partial charge >= 0.3 is 18.5 Å². The van der Waals surface area contributed by atoms with Crippen molar-refractivity contribution in [1.82, 2.24) is 45.9 Å². The molecule has 0 radical (unpaired) electrons. The molecule has 3 atom stereocenters. The van der Waals surface area contributed by atoms with Crippen LogP contribution >= 0.6 is 23.2 Å². The Balaban J connectivity index is 0.000000478. The number of halogens is 11. The van der Waals surface area contributed by atoms with Gasteiger partial charge in [-0.05, 0) is 85.0 Å². The Morgan fingerprint density at radius 3 is 1.51 bits per heavy atom. The molecule has 10 rings (SSSR count). The molecule has 0 amide bonds. The number of carbonyl (C=O) groups is 3. The number of hydrogen-bond donors (Lipinski definition) is 6. The molecule has 3 aliphatic heterocycles. The summed E-state index contributed by atoms with van der Waals surface area (Å²) in [5, 5.41) is 10.4. The van der Waals surface area contributed by atoms with Crippen molar-refractivity contribution in [3.63, 3.8) is 0 Å². The number of benzene rings is 1. The van der Waals surface area contributed by atoms with E-state index in [0.717, 1.165) is 43.0 Å². The van der Waals surface area contributed by atoms with Gasteiger partial charge in [0.25, 0.3) is 0 Å². The highest BCUT2D eigenvalue weighted by molar-refractivity contribution is 6.31. The van der Waals surface area contributed by atoms with Gasteiger partial charge in [-0.1, -0.05) is 80.7 Å². The molecular weight excluding hydrogens is 1230 g/mol. The maximum absolute atomic E-state index is 13.7. The smallest absolute Gasteiger partial charge is 0.383 e. The molecule has 1 aromatic carbocycles. The number of ketones is 3. The fourth-order valence-corrected chi connectivity index (χ4v) is 10.9. The maximum Gasteiger partial charge on any atom is 0.418 e. The Hall–Kier alpha value is -8.24. The zero-order valence-electron chi connectivity index (χ0n) is 48.8. The Bertz CT molecular complexity index is 3700. The van der Waals surface area contributed by atoms with Crippen LogP contribution in [0.3, 0.4) is 0 Å². The van der Waals surface area contributed by atoms with Gasteiger partial charge < -0.3 is 47.9 Å². The van der Waals surface area contributed by atoms with Crippen molar-refractivity contribution >= 4 is 75.5 Å². The molecule has 490 valence electrons. The molecule has 18 nitrogen and oxygen atoms in total. The van der Waals surface area contributed by atoms with Gasteiger partial charge in [0, 0.05) is 104 Å². The monoisotopic (exact) mass is 1310 g/mol. The van der Waals surface area contributed by atoms with Gasteiger partial charge in [0.2, 0.25) is 17.3 Å². The molecule has 3 fully saturated rings. The Labute approximate surface area is 531 Å². The minimum atomic E-state index is -4.77. The molecule has 3 saturated heterocycles. The summed E-state index contributed by atoms with van der Waals surface area (Å²) < 4.78 is 122. The second-order valence-electron chi connectivity index (χ2n) is 21.8. The van der Waals surface area contributed by atoms with E-state index in [1.165, 1.54) is 61.1 Å². The first-order valence-electron chi connectivity index (χ1n) is 28.5. The maximum atomic E-state index is 13.7. The molecular formula is C61H76Cl2F9N15O3. The average Bonchev–Trinajstić information content (AvgIpc) is 0.803. The van der Waals surface area contributed by atoms with Crippen molar-refractivity contribution in [1.29, 1.82) is 0 Å². The number of piperazine rings is 3. The molecule has 29 heteroatoms. The number of nitrogens with two attached hydrogens (primary N) is 3. The molecule has 0 aliphatic carbocycles. The van der Waals surface area contributed by atoms with Crippen molar-refractivity contribution in [2.75, 3.05) is 90.8 Å². The fraction of sp³-hybridized carbons (Fsp3) is 0.361. The summed E-state index contributed by atoms with van der Waals surface area (Å²) in [6.45, 7) is 11.7. The van der Waals surface area contributed by atoms with Crippen LogP contribution < -0.4 is 47.9 Å². The van der Waals surface area contributed by atoms with Crippen molar-refractivity contribution in [3.8, 4) is 0 Å². The van der Waals surface area contributed by atoms with Crippen LogP contribution in [0.1, 0.15) is 125 Å². The SMILES string of the molecule is CCC[C@@H]1CN(c2ccc(C(F)(F)F)c(C(=O)c3cccnc3N)n2)C[C@H](CC(C)C)N1.Nc1ncc(Cl)cc1C(=O)c1nc(N2CCNC(c3ccccc3)C2)ccc1C(F)(F)F.Nc1ncc(Cl)cc1C(=O)c1nc(N2CCNCC2)ccc1C(F)(F)F.[HH].[HH].[HH].[HH].[HH].[HH]. The first-order valence-corrected chi connectivity index (χ1v) is 29.3. The van der Waals surface area contributed by atoms with E-state index in [9.17, 15) is 53.9 Å². The van der Waals surface area contributed by atoms with E-state index in [4.69, 9.17) is 40.4 Å². The largest absolute Gasteiger partial charge is 0.418 e. The summed E-state index contributed by atoms with van der Waals surface area (Å²) in [7, 11) is 0. The molecule has 0 bridgehead atoms. The predicted molar refractivity (Wildman–Crippen MR) is 338 cm³/mol. The molecule has 7 aromatic rings. The summed E-state index contributed by atoms with van der Waals surface area (Å²) in [5.74, 6) is -1.98. The van der Waals surface area contributed by atoms with Gasteiger partial charge in [-0.15, -0.1) is 0 Å². The summed E-state index contributed by atoms with van der Waals surface area (Å²) in [4.78, 5) is 68.2. The number of aromatic nitrogens is 6. The Morgan fingerprint density at radius 1 is 0.578 bits per heavy atom. The van der Waals surface area contributed by atoms with Gasteiger partial charge in [0.05, 0.1) is 43.4 Å². The van der Waals surface area contributed by atoms with Crippen molar-refractivity contribution in [3.05, 3.63) is 176 Å². The van der Waals surface area contributed by atoms with Crippen molar-refractivity contribution in [2.45, 2.75) is 76.7 Å². The molecule has 1 unspecified atom stereocenters. The van der Waals surface area contributed by atoms with E-state index < -0.39 is 69.7 Å². The van der Waals surface area contributed by atoms with Crippen LogP contribution in [0.2, 0.25) is 10.0 Å². The van der Waals surface area contributed by atoms with Gasteiger partial charge in [0.1, 0.15) is 52.0 Å². The minimum absolute atomic E-state index is 0. The molecule has 9 heterocycles. The lowest BCUT2D eigenvalue weighted by molar-refractivity contribution is -0.138. The minimum Gasteiger partial charge on any atom is -0.383 e. The van der Waals surface area contributed by atoms with Gasteiger partial charge in [-0.3, -0.25) is 14.4 Å². The molecule has 3 aliphatic rings. The summed E-state index contributed by atoms with van der Waals surface area (Å²) in [5.41, 5.74) is 12.2. The Kier molecular flexibility index (Phi) is 21.9. The first kappa shape index (κ1) is 67.7. The van der Waals surface area contributed by atoms with E-state index >= 15 is 0 Å². The second kappa shape index (κ2) is 29.1. The van der Waals surface area contributed by atoms with Gasteiger partial charge in [-0.25, -0.2) is 29.9 Å². The van der Waals surface area contributed by atoms with E-state index in [1.54, 1.807) is 0 Å². The van der Waals surface area contributed by atoms with Crippen molar-refractivity contribution in [2.24, 2.45) is 5.92 Å². The number of hydrogen-bond acceptors (Lipinski definition) is 18. The van der Waals surface area contributed by atoms with Crippen LogP contribution in [0.5, 0.6) is 0 Å². The average molecular weight is 1310 g/mol. The van der Waals surface area contributed by atoms with Crippen molar-refractivity contribution < 1.29 is 62.5 Å². The second-order valence-corrected chi connectivity index (χ2v) is 22.6. The fourth-order valence-electron chi connectivity index (χ4n) is 10.6. The highest BCUT2D eigenvalue weighted by atomic mass is 35.5. The van der Waals surface area contributed by atoms with Crippen LogP contribution in [0.4, 0.5) is 74.4 Å². The van der Waals surface area contributed by atoms with E-state index in [0.29, 0.717) is 76.5 Å². The molecule has 9 N–H and O–H groups in total. The number of nitrogens with zero attached hydrogens (tertiary/aromatic N) is 9. The molecule has 0 saturated carbocycles. The zero-order chi connectivity index (χ0) is 65.2. The van der Waals surface area contributed by atoms with E-state index in [-0.39, 0.29) is 76.7 Å². The van der Waals surface area contributed by atoms with Gasteiger partial charge in [0.15, 0.2) is 0 Å². The molecule has 90 heavy (non-hydrogen) atoms. The van der Waals surface area contributed by atoms with E-state index in [1.807, 2.05) is 45.0 Å². The topological polar surface area (TPSA) is 252 Å².